The monoisotopic (exact) mass is 546 g/mol. The van der Waals surface area contributed by atoms with E-state index in [-0.39, 0.29) is 11.8 Å². The quantitative estimate of drug-likeness (QED) is 0.0720. The summed E-state index contributed by atoms with van der Waals surface area (Å²) in [6.45, 7) is 4.53. The largest absolute Gasteiger partial charge is 0.296 e. The van der Waals surface area contributed by atoms with Crippen molar-refractivity contribution < 1.29 is 9.59 Å². The molecule has 0 aliphatic heterocycles. The molecule has 1 N–H and O–H groups in total. The van der Waals surface area contributed by atoms with Crippen LogP contribution in [0.15, 0.2) is 24.3 Å². The van der Waals surface area contributed by atoms with Gasteiger partial charge in [-0.1, -0.05) is 141 Å². The number of nitrogens with one attached hydrogen (secondary N) is 1. The molecular formula is C36H67NO2. The summed E-state index contributed by atoms with van der Waals surface area (Å²) in [5, 5.41) is 2.58. The van der Waals surface area contributed by atoms with Gasteiger partial charge in [-0.05, 0) is 64.2 Å². The molecule has 0 aliphatic carbocycles. The number of rotatable bonds is 30. The number of unbranched alkanes of at least 4 members (excludes halogenated alkanes) is 22. The lowest BCUT2D eigenvalue weighted by molar-refractivity contribution is -0.130. The summed E-state index contributed by atoms with van der Waals surface area (Å²) in [7, 11) is 0. The predicted octanol–water partition coefficient (Wildman–Crippen LogP) is 11.7. The summed E-state index contributed by atoms with van der Waals surface area (Å²) in [6.07, 6.45) is 42.9. The first-order valence-corrected chi connectivity index (χ1v) is 17.3. The Morgan fingerprint density at radius 2 is 0.641 bits per heavy atom. The van der Waals surface area contributed by atoms with Crippen LogP contribution in [0.5, 0.6) is 0 Å². The summed E-state index contributed by atoms with van der Waals surface area (Å²) >= 11 is 0. The van der Waals surface area contributed by atoms with Gasteiger partial charge in [-0.2, -0.15) is 0 Å². The molecule has 0 aromatic heterocycles. The maximum absolute atomic E-state index is 12.0. The van der Waals surface area contributed by atoms with Gasteiger partial charge in [0.1, 0.15) is 0 Å². The summed E-state index contributed by atoms with van der Waals surface area (Å²) in [4.78, 5) is 24.0. The van der Waals surface area contributed by atoms with E-state index < -0.39 is 0 Å². The van der Waals surface area contributed by atoms with E-state index in [9.17, 15) is 9.59 Å². The Balaban J connectivity index is 3.37. The highest BCUT2D eigenvalue weighted by Crippen LogP contribution is 2.12. The first kappa shape index (κ1) is 37.6. The van der Waals surface area contributed by atoms with E-state index in [1.54, 1.807) is 0 Å². The summed E-state index contributed by atoms with van der Waals surface area (Å²) in [5.41, 5.74) is 0. The van der Waals surface area contributed by atoms with Gasteiger partial charge in [0.05, 0.1) is 0 Å². The van der Waals surface area contributed by atoms with E-state index >= 15 is 0 Å². The fourth-order valence-electron chi connectivity index (χ4n) is 4.99. The average molecular weight is 546 g/mol. The maximum atomic E-state index is 12.0. The standard InChI is InChI=1S/C36H67NO2/c1-3-5-7-9-11-13-15-17-19-21-23-25-27-29-31-33-35(38)37-36(39)34-32-30-28-26-24-22-20-18-16-14-12-10-8-6-4-2/h17-20H,3-16,21-34H2,1-2H3,(H,37,38,39)/b19-17-,20-18-. The lowest BCUT2D eigenvalue weighted by Gasteiger charge is -2.05. The van der Waals surface area contributed by atoms with Crippen LogP contribution in [0, 0.1) is 0 Å². The molecule has 0 fully saturated rings. The first-order valence-electron chi connectivity index (χ1n) is 17.3. The third-order valence-corrected chi connectivity index (χ3v) is 7.61. The molecule has 0 atom stereocenters. The third-order valence-electron chi connectivity index (χ3n) is 7.61. The number of hydrogen-bond acceptors (Lipinski definition) is 2. The van der Waals surface area contributed by atoms with E-state index in [1.165, 1.54) is 141 Å². The Morgan fingerprint density at radius 3 is 0.949 bits per heavy atom. The minimum absolute atomic E-state index is 0.0922. The van der Waals surface area contributed by atoms with Crippen LogP contribution in [0.4, 0.5) is 0 Å². The van der Waals surface area contributed by atoms with Crippen LogP contribution in [0.2, 0.25) is 0 Å². The third kappa shape index (κ3) is 32.7. The van der Waals surface area contributed by atoms with Crippen LogP contribution in [-0.4, -0.2) is 11.8 Å². The lowest BCUT2D eigenvalue weighted by atomic mass is 10.1. The first-order chi connectivity index (χ1) is 19.2. The zero-order chi connectivity index (χ0) is 28.5. The van der Waals surface area contributed by atoms with Crippen LogP contribution in [0.1, 0.15) is 194 Å². The van der Waals surface area contributed by atoms with Crippen molar-refractivity contribution in [3.05, 3.63) is 24.3 Å². The van der Waals surface area contributed by atoms with Gasteiger partial charge in [0.25, 0.3) is 0 Å². The van der Waals surface area contributed by atoms with E-state index in [4.69, 9.17) is 0 Å². The lowest BCUT2D eigenvalue weighted by Crippen LogP contribution is -2.29. The second kappa shape index (κ2) is 32.8. The Kier molecular flexibility index (Phi) is 31.7. The molecule has 0 aliphatic rings. The number of amides is 2. The van der Waals surface area contributed by atoms with Gasteiger partial charge in [-0.3, -0.25) is 14.9 Å². The Bertz CT molecular complexity index is 531. The van der Waals surface area contributed by atoms with Gasteiger partial charge in [0, 0.05) is 12.8 Å². The molecule has 3 heteroatoms. The molecule has 0 bridgehead atoms. The fourth-order valence-corrected chi connectivity index (χ4v) is 4.99. The van der Waals surface area contributed by atoms with Gasteiger partial charge in [0.15, 0.2) is 0 Å². The number of carbonyl (C=O) groups excluding carboxylic acids is 2. The van der Waals surface area contributed by atoms with Crippen molar-refractivity contribution in [2.24, 2.45) is 0 Å². The van der Waals surface area contributed by atoms with Crippen LogP contribution < -0.4 is 5.32 Å². The second-order valence-corrected chi connectivity index (χ2v) is 11.6. The number of allylic oxidation sites excluding steroid dienone is 4. The molecule has 0 rings (SSSR count). The zero-order valence-corrected chi connectivity index (χ0v) is 26.4. The van der Waals surface area contributed by atoms with Crippen LogP contribution in [-0.2, 0) is 9.59 Å². The molecule has 0 aromatic rings. The van der Waals surface area contributed by atoms with Crippen molar-refractivity contribution in [3.63, 3.8) is 0 Å². The highest BCUT2D eigenvalue weighted by molar-refractivity contribution is 5.95. The minimum atomic E-state index is -0.0922. The zero-order valence-electron chi connectivity index (χ0n) is 26.4. The highest BCUT2D eigenvalue weighted by atomic mass is 16.2. The summed E-state index contributed by atoms with van der Waals surface area (Å²) in [6, 6.07) is 0. The van der Waals surface area contributed by atoms with Crippen molar-refractivity contribution in [2.45, 2.75) is 194 Å². The number of carbonyl (C=O) groups is 2. The molecule has 3 nitrogen and oxygen atoms in total. The Labute approximate surface area is 244 Å². The van der Waals surface area contributed by atoms with Crippen molar-refractivity contribution in [1.29, 1.82) is 0 Å². The molecular weight excluding hydrogens is 478 g/mol. The summed E-state index contributed by atoms with van der Waals surface area (Å²) < 4.78 is 0. The maximum Gasteiger partial charge on any atom is 0.226 e. The molecule has 0 saturated heterocycles. The molecule has 0 saturated carbocycles. The van der Waals surface area contributed by atoms with E-state index in [2.05, 4.69) is 43.5 Å². The van der Waals surface area contributed by atoms with Crippen molar-refractivity contribution in [2.75, 3.05) is 0 Å². The molecule has 0 radical (unpaired) electrons. The van der Waals surface area contributed by atoms with Gasteiger partial charge in [-0.25, -0.2) is 0 Å². The van der Waals surface area contributed by atoms with Gasteiger partial charge in [-0.15, -0.1) is 0 Å². The fraction of sp³-hybridized carbons (Fsp3) is 0.833. The van der Waals surface area contributed by atoms with Crippen molar-refractivity contribution >= 4 is 11.8 Å². The van der Waals surface area contributed by atoms with E-state index in [1.807, 2.05) is 0 Å². The Hall–Kier alpha value is -1.38. The molecule has 0 unspecified atom stereocenters. The normalized spacial score (nSPS) is 11.6. The van der Waals surface area contributed by atoms with E-state index in [0.717, 1.165) is 25.7 Å². The smallest absolute Gasteiger partial charge is 0.226 e. The molecule has 2 amide bonds. The van der Waals surface area contributed by atoms with Crippen molar-refractivity contribution in [1.82, 2.24) is 5.32 Å². The van der Waals surface area contributed by atoms with Gasteiger partial charge >= 0.3 is 0 Å². The molecule has 0 heterocycles. The van der Waals surface area contributed by atoms with Gasteiger partial charge in [0.2, 0.25) is 11.8 Å². The molecule has 39 heavy (non-hydrogen) atoms. The molecule has 0 spiro atoms. The topological polar surface area (TPSA) is 46.2 Å². The molecule has 0 aromatic carbocycles. The van der Waals surface area contributed by atoms with Crippen LogP contribution in [0.3, 0.4) is 0 Å². The number of imide groups is 1. The SMILES string of the molecule is CCCCCCCC/C=C\CCCCCCCC(=O)NC(=O)CCCCCCC/C=C\CCCCCCCC. The van der Waals surface area contributed by atoms with Gasteiger partial charge < -0.3 is 0 Å². The molecule has 228 valence electrons. The highest BCUT2D eigenvalue weighted by Gasteiger charge is 2.07. The van der Waals surface area contributed by atoms with Crippen molar-refractivity contribution in [3.8, 4) is 0 Å². The van der Waals surface area contributed by atoms with E-state index in [0.29, 0.717) is 12.8 Å². The van der Waals surface area contributed by atoms with Crippen LogP contribution in [0.25, 0.3) is 0 Å². The Morgan fingerprint density at radius 1 is 0.385 bits per heavy atom. The minimum Gasteiger partial charge on any atom is -0.296 e. The number of hydrogen-bond donors (Lipinski definition) is 1. The average Bonchev–Trinajstić information content (AvgIpc) is 2.93. The predicted molar refractivity (Wildman–Crippen MR) is 172 cm³/mol. The second-order valence-electron chi connectivity index (χ2n) is 11.6. The van der Waals surface area contributed by atoms with Crippen LogP contribution >= 0.6 is 0 Å². The summed E-state index contributed by atoms with van der Waals surface area (Å²) in [5.74, 6) is -0.184.